The predicted octanol–water partition coefficient (Wildman–Crippen LogP) is 2.96. The number of anilines is 1. The summed E-state index contributed by atoms with van der Waals surface area (Å²) in [6, 6.07) is 14.2. The zero-order valence-corrected chi connectivity index (χ0v) is 12.4. The number of rotatable bonds is 2. The molecular formula is C18H20N2O. The van der Waals surface area contributed by atoms with E-state index in [0.717, 1.165) is 24.2 Å². The number of hydrogen-bond acceptors (Lipinski definition) is 2. The van der Waals surface area contributed by atoms with E-state index in [4.69, 9.17) is 0 Å². The zero-order chi connectivity index (χ0) is 14.8. The Morgan fingerprint density at radius 1 is 1.14 bits per heavy atom. The number of fused-ring (bicyclic) bond motifs is 1. The lowest BCUT2D eigenvalue weighted by molar-refractivity contribution is -0.118. The van der Waals surface area contributed by atoms with Crippen molar-refractivity contribution in [2.24, 2.45) is 0 Å². The lowest BCUT2D eigenvalue weighted by Gasteiger charge is -2.25. The minimum absolute atomic E-state index is 0.0384. The fourth-order valence-corrected chi connectivity index (χ4v) is 2.81. The van der Waals surface area contributed by atoms with Crippen LogP contribution in [0.2, 0.25) is 0 Å². The molecule has 1 heterocycles. The zero-order valence-electron chi connectivity index (χ0n) is 12.4. The first-order valence-electron chi connectivity index (χ1n) is 7.32. The highest BCUT2D eigenvalue weighted by Crippen LogP contribution is 2.19. The van der Waals surface area contributed by atoms with Crippen LogP contribution in [0.25, 0.3) is 0 Å². The first-order valence-corrected chi connectivity index (χ1v) is 7.32. The minimum Gasteiger partial charge on any atom is -0.324 e. The van der Waals surface area contributed by atoms with Gasteiger partial charge in [-0.25, -0.2) is 0 Å². The Labute approximate surface area is 125 Å². The van der Waals surface area contributed by atoms with Crippen molar-refractivity contribution in [3.8, 4) is 0 Å². The number of hydrogen-bond donors (Lipinski definition) is 2. The van der Waals surface area contributed by atoms with Gasteiger partial charge in [-0.15, -0.1) is 0 Å². The maximum absolute atomic E-state index is 12.4. The van der Waals surface area contributed by atoms with Crippen molar-refractivity contribution < 1.29 is 4.79 Å². The van der Waals surface area contributed by atoms with Gasteiger partial charge in [-0.1, -0.05) is 42.0 Å². The van der Waals surface area contributed by atoms with Crippen molar-refractivity contribution in [3.05, 3.63) is 64.7 Å². The summed E-state index contributed by atoms with van der Waals surface area (Å²) >= 11 is 0. The Morgan fingerprint density at radius 2 is 1.90 bits per heavy atom. The van der Waals surface area contributed by atoms with E-state index in [9.17, 15) is 4.79 Å². The van der Waals surface area contributed by atoms with Gasteiger partial charge in [0.2, 0.25) is 5.91 Å². The molecule has 0 unspecified atom stereocenters. The van der Waals surface area contributed by atoms with Gasteiger partial charge in [-0.3, -0.25) is 4.79 Å². The number of aryl methyl sites for hydroxylation is 2. The molecule has 3 heteroatoms. The second kappa shape index (κ2) is 5.70. The van der Waals surface area contributed by atoms with Gasteiger partial charge in [0.05, 0.1) is 6.04 Å². The molecule has 108 valence electrons. The molecule has 21 heavy (non-hydrogen) atoms. The maximum atomic E-state index is 12.4. The molecule has 1 atom stereocenters. The first kappa shape index (κ1) is 13.8. The fourth-order valence-electron chi connectivity index (χ4n) is 2.81. The van der Waals surface area contributed by atoms with Crippen LogP contribution in [-0.2, 0) is 17.8 Å². The Balaban J connectivity index is 1.72. The quantitative estimate of drug-likeness (QED) is 0.888. The molecule has 0 saturated carbocycles. The molecule has 1 amide bonds. The van der Waals surface area contributed by atoms with Crippen LogP contribution in [0.3, 0.4) is 0 Å². The SMILES string of the molecule is Cc1ccc(NC(=O)[C@@H]2Cc3ccccc3CN2)c(C)c1. The molecule has 2 N–H and O–H groups in total. The Morgan fingerprint density at radius 3 is 2.67 bits per heavy atom. The summed E-state index contributed by atoms with van der Waals surface area (Å²) in [6.45, 7) is 4.82. The van der Waals surface area contributed by atoms with Crippen LogP contribution in [0.1, 0.15) is 22.3 Å². The van der Waals surface area contributed by atoms with E-state index in [-0.39, 0.29) is 11.9 Å². The van der Waals surface area contributed by atoms with Gasteiger partial charge >= 0.3 is 0 Å². The van der Waals surface area contributed by atoms with E-state index in [1.807, 2.05) is 31.2 Å². The summed E-state index contributed by atoms with van der Waals surface area (Å²) in [6.07, 6.45) is 0.743. The van der Waals surface area contributed by atoms with Gasteiger partial charge in [0.1, 0.15) is 0 Å². The second-order valence-electron chi connectivity index (χ2n) is 5.71. The van der Waals surface area contributed by atoms with Crippen LogP contribution < -0.4 is 10.6 Å². The standard InChI is InChI=1S/C18H20N2O/c1-12-7-8-16(13(2)9-12)20-18(21)17-10-14-5-3-4-6-15(14)11-19-17/h3-9,17,19H,10-11H2,1-2H3,(H,20,21)/t17-/m0/s1. The average molecular weight is 280 g/mol. The van der Waals surface area contributed by atoms with Crippen molar-refractivity contribution in [1.29, 1.82) is 0 Å². The highest BCUT2D eigenvalue weighted by Gasteiger charge is 2.24. The number of benzene rings is 2. The largest absolute Gasteiger partial charge is 0.324 e. The molecule has 0 bridgehead atoms. The monoisotopic (exact) mass is 280 g/mol. The van der Waals surface area contributed by atoms with Crippen molar-refractivity contribution in [1.82, 2.24) is 5.32 Å². The van der Waals surface area contributed by atoms with Crippen LogP contribution in [0.15, 0.2) is 42.5 Å². The molecule has 1 aliphatic heterocycles. The molecule has 0 saturated heterocycles. The molecule has 0 fully saturated rings. The number of carbonyl (C=O) groups excluding carboxylic acids is 1. The third kappa shape index (κ3) is 2.98. The van der Waals surface area contributed by atoms with E-state index >= 15 is 0 Å². The second-order valence-corrected chi connectivity index (χ2v) is 5.71. The van der Waals surface area contributed by atoms with E-state index in [1.54, 1.807) is 0 Å². The van der Waals surface area contributed by atoms with Crippen molar-refractivity contribution >= 4 is 11.6 Å². The maximum Gasteiger partial charge on any atom is 0.241 e. The third-order valence-electron chi connectivity index (χ3n) is 4.04. The van der Waals surface area contributed by atoms with Crippen LogP contribution in [0.5, 0.6) is 0 Å². The summed E-state index contributed by atoms with van der Waals surface area (Å²) in [5.74, 6) is 0.0384. The molecule has 2 aromatic rings. The molecule has 1 aliphatic rings. The van der Waals surface area contributed by atoms with Gasteiger partial charge in [0.15, 0.2) is 0 Å². The smallest absolute Gasteiger partial charge is 0.241 e. The summed E-state index contributed by atoms with van der Waals surface area (Å²) in [4.78, 5) is 12.4. The average Bonchev–Trinajstić information content (AvgIpc) is 2.49. The molecule has 3 nitrogen and oxygen atoms in total. The van der Waals surface area contributed by atoms with Crippen LogP contribution in [0.4, 0.5) is 5.69 Å². The van der Waals surface area contributed by atoms with Crippen molar-refractivity contribution in [2.75, 3.05) is 5.32 Å². The van der Waals surface area contributed by atoms with E-state index in [2.05, 4.69) is 35.8 Å². The molecule has 3 rings (SSSR count). The van der Waals surface area contributed by atoms with E-state index < -0.39 is 0 Å². The summed E-state index contributed by atoms with van der Waals surface area (Å²) in [5, 5.41) is 6.35. The van der Waals surface area contributed by atoms with Crippen LogP contribution in [0, 0.1) is 13.8 Å². The lowest BCUT2D eigenvalue weighted by Crippen LogP contribution is -2.44. The predicted molar refractivity (Wildman–Crippen MR) is 85.3 cm³/mol. The highest BCUT2D eigenvalue weighted by molar-refractivity contribution is 5.95. The van der Waals surface area contributed by atoms with Gasteiger partial charge in [0, 0.05) is 12.2 Å². The first-order chi connectivity index (χ1) is 10.1. The van der Waals surface area contributed by atoms with Crippen LogP contribution >= 0.6 is 0 Å². The minimum atomic E-state index is -0.166. The Hall–Kier alpha value is -2.13. The normalized spacial score (nSPS) is 17.1. The van der Waals surface area contributed by atoms with Crippen molar-refractivity contribution in [2.45, 2.75) is 32.9 Å². The number of carbonyl (C=O) groups is 1. The molecule has 0 spiro atoms. The number of amides is 1. The summed E-state index contributed by atoms with van der Waals surface area (Å²) in [7, 11) is 0. The molecule has 0 radical (unpaired) electrons. The molecule has 0 aliphatic carbocycles. The highest BCUT2D eigenvalue weighted by atomic mass is 16.2. The lowest BCUT2D eigenvalue weighted by atomic mass is 9.95. The Kier molecular flexibility index (Phi) is 3.76. The Bertz CT molecular complexity index is 679. The number of nitrogens with one attached hydrogen (secondary N) is 2. The van der Waals surface area contributed by atoms with Gasteiger partial charge in [0.25, 0.3) is 0 Å². The fraction of sp³-hybridized carbons (Fsp3) is 0.278. The molecule has 2 aromatic carbocycles. The van der Waals surface area contributed by atoms with Gasteiger partial charge < -0.3 is 10.6 Å². The topological polar surface area (TPSA) is 41.1 Å². The van der Waals surface area contributed by atoms with E-state index in [1.165, 1.54) is 16.7 Å². The summed E-state index contributed by atoms with van der Waals surface area (Å²) in [5.41, 5.74) is 5.74. The van der Waals surface area contributed by atoms with Gasteiger partial charge in [-0.05, 0) is 43.0 Å². The molecular weight excluding hydrogens is 260 g/mol. The van der Waals surface area contributed by atoms with E-state index in [0.29, 0.717) is 0 Å². The van der Waals surface area contributed by atoms with Crippen LogP contribution in [-0.4, -0.2) is 11.9 Å². The summed E-state index contributed by atoms with van der Waals surface area (Å²) < 4.78 is 0. The third-order valence-corrected chi connectivity index (χ3v) is 4.04. The molecule has 0 aromatic heterocycles. The van der Waals surface area contributed by atoms with Crippen molar-refractivity contribution in [3.63, 3.8) is 0 Å². The van der Waals surface area contributed by atoms with Gasteiger partial charge in [-0.2, -0.15) is 0 Å².